The monoisotopic (exact) mass is 264 g/mol. The average molecular weight is 264 g/mol. The molecule has 0 heterocycles. The fourth-order valence-corrected chi connectivity index (χ4v) is 2.46. The second kappa shape index (κ2) is 7.62. The molecule has 4 nitrogen and oxygen atoms in total. The van der Waals surface area contributed by atoms with E-state index in [1.165, 1.54) is 4.90 Å². The molecule has 96 valence electrons. The molecule has 0 spiro atoms. The summed E-state index contributed by atoms with van der Waals surface area (Å²) in [6.07, 6.45) is 0.563. The molecule has 0 bridgehead atoms. The number of carbonyl (C=O) groups is 1. The van der Waals surface area contributed by atoms with E-state index in [-0.39, 0.29) is 12.3 Å². The van der Waals surface area contributed by atoms with E-state index in [9.17, 15) is 9.00 Å². The second-order valence-electron chi connectivity index (χ2n) is 3.84. The Balaban J connectivity index is 2.39. The highest BCUT2D eigenvalue weighted by atomic mass is 32.2. The van der Waals surface area contributed by atoms with Crippen molar-refractivity contribution >= 4 is 16.7 Å². The van der Waals surface area contributed by atoms with E-state index in [0.717, 1.165) is 4.90 Å². The topological polar surface area (TPSA) is 61.2 Å². The minimum atomic E-state index is -1.14. The maximum Gasteiger partial charge on any atom is 0.223 e. The molecule has 1 amide bonds. The molecular formula is C13H16N2O2S. The predicted octanol–water partition coefficient (Wildman–Crippen LogP) is 1.56. The van der Waals surface area contributed by atoms with E-state index >= 15 is 0 Å². The predicted molar refractivity (Wildman–Crippen MR) is 70.2 cm³/mol. The first-order valence-corrected chi connectivity index (χ1v) is 7.01. The largest absolute Gasteiger partial charge is 0.345 e. The van der Waals surface area contributed by atoms with Gasteiger partial charge in [-0.15, -0.1) is 0 Å². The molecule has 0 aliphatic heterocycles. The summed E-state index contributed by atoms with van der Waals surface area (Å²) in [5.74, 6) is 0.245. The Morgan fingerprint density at radius 3 is 2.67 bits per heavy atom. The Bertz CT molecular complexity index is 454. The van der Waals surface area contributed by atoms with E-state index in [2.05, 4.69) is 0 Å². The number of rotatable bonds is 6. The number of amides is 1. The summed E-state index contributed by atoms with van der Waals surface area (Å²) in [7, 11) is 0.519. The smallest absolute Gasteiger partial charge is 0.223 e. The van der Waals surface area contributed by atoms with Gasteiger partial charge in [-0.05, 0) is 12.1 Å². The molecule has 1 rings (SSSR count). The summed E-state index contributed by atoms with van der Waals surface area (Å²) in [6.45, 7) is 0.424. The number of nitrogens with zero attached hydrogens (tertiary/aromatic N) is 2. The van der Waals surface area contributed by atoms with E-state index in [1.54, 1.807) is 19.2 Å². The van der Waals surface area contributed by atoms with Gasteiger partial charge < -0.3 is 4.90 Å². The zero-order valence-electron chi connectivity index (χ0n) is 10.3. The van der Waals surface area contributed by atoms with Gasteiger partial charge in [-0.2, -0.15) is 5.26 Å². The quantitative estimate of drug-likeness (QED) is 0.783. The molecule has 0 saturated heterocycles. The third-order valence-electron chi connectivity index (χ3n) is 2.49. The number of benzene rings is 1. The van der Waals surface area contributed by atoms with Crippen LogP contribution in [0.15, 0.2) is 35.2 Å². The highest BCUT2D eigenvalue weighted by Gasteiger charge is 2.11. The number of hydrogen-bond acceptors (Lipinski definition) is 3. The van der Waals surface area contributed by atoms with Gasteiger partial charge in [-0.3, -0.25) is 9.00 Å². The molecule has 18 heavy (non-hydrogen) atoms. The maximum atomic E-state index is 11.9. The van der Waals surface area contributed by atoms with Crippen molar-refractivity contribution in [3.63, 3.8) is 0 Å². The molecule has 1 unspecified atom stereocenters. The number of carbonyl (C=O) groups excluding carboxylic acids is 1. The third-order valence-corrected chi connectivity index (χ3v) is 3.87. The lowest BCUT2D eigenvalue weighted by atomic mass is 10.3. The fourth-order valence-electron chi connectivity index (χ4n) is 1.40. The molecule has 1 aromatic rings. The van der Waals surface area contributed by atoms with E-state index in [1.807, 2.05) is 24.3 Å². The molecule has 5 heteroatoms. The second-order valence-corrected chi connectivity index (χ2v) is 5.41. The molecule has 1 aromatic carbocycles. The van der Waals surface area contributed by atoms with Crippen LogP contribution in [0.5, 0.6) is 0 Å². The zero-order chi connectivity index (χ0) is 13.4. The third kappa shape index (κ3) is 4.68. The lowest BCUT2D eigenvalue weighted by Crippen LogP contribution is -2.28. The average Bonchev–Trinajstić information content (AvgIpc) is 2.42. The standard InChI is InChI=1S/C13H16N2O2S/c1-15(10-5-9-14)13(16)8-11-18(17)12-6-3-2-4-7-12/h2-4,6-7H,5,8,10-11H2,1H3. The maximum absolute atomic E-state index is 11.9. The summed E-state index contributed by atoms with van der Waals surface area (Å²) < 4.78 is 11.9. The van der Waals surface area contributed by atoms with Crippen molar-refractivity contribution in [3.8, 4) is 6.07 Å². The van der Waals surface area contributed by atoms with Gasteiger partial charge in [0, 0.05) is 30.7 Å². The van der Waals surface area contributed by atoms with Crippen LogP contribution in [0.1, 0.15) is 12.8 Å². The van der Waals surface area contributed by atoms with Crippen molar-refractivity contribution in [2.24, 2.45) is 0 Å². The first kappa shape index (κ1) is 14.4. The Hall–Kier alpha value is -1.67. The molecule has 0 fully saturated rings. The first-order chi connectivity index (χ1) is 8.65. The summed E-state index contributed by atoms with van der Waals surface area (Å²) in [6, 6.07) is 11.1. The molecule has 1 atom stereocenters. The Kier molecular flexibility index (Phi) is 6.09. The summed E-state index contributed by atoms with van der Waals surface area (Å²) in [5, 5.41) is 8.43. The summed E-state index contributed by atoms with van der Waals surface area (Å²) in [4.78, 5) is 13.9. The van der Waals surface area contributed by atoms with Crippen molar-refractivity contribution in [2.75, 3.05) is 19.3 Å². The van der Waals surface area contributed by atoms with E-state index < -0.39 is 10.8 Å². The van der Waals surface area contributed by atoms with Crippen LogP contribution >= 0.6 is 0 Å². The molecule has 0 aliphatic carbocycles. The van der Waals surface area contributed by atoms with Crippen LogP contribution in [0.25, 0.3) is 0 Å². The van der Waals surface area contributed by atoms with Gasteiger partial charge in [0.2, 0.25) is 5.91 Å². The minimum Gasteiger partial charge on any atom is -0.345 e. The molecule has 0 aromatic heterocycles. The molecular weight excluding hydrogens is 248 g/mol. The van der Waals surface area contributed by atoms with Gasteiger partial charge in [0.1, 0.15) is 0 Å². The zero-order valence-corrected chi connectivity index (χ0v) is 11.2. The van der Waals surface area contributed by atoms with Crippen molar-refractivity contribution in [1.29, 1.82) is 5.26 Å². The van der Waals surface area contributed by atoms with E-state index in [4.69, 9.17) is 5.26 Å². The normalized spacial score (nSPS) is 11.6. The van der Waals surface area contributed by atoms with Crippen molar-refractivity contribution in [3.05, 3.63) is 30.3 Å². The van der Waals surface area contributed by atoms with Gasteiger partial charge in [0.25, 0.3) is 0 Å². The van der Waals surface area contributed by atoms with E-state index in [0.29, 0.717) is 18.7 Å². The van der Waals surface area contributed by atoms with Crippen molar-refractivity contribution in [2.45, 2.75) is 17.7 Å². The van der Waals surface area contributed by atoms with Crippen molar-refractivity contribution in [1.82, 2.24) is 4.90 Å². The van der Waals surface area contributed by atoms with Crippen LogP contribution < -0.4 is 0 Å². The SMILES string of the molecule is CN(CCC#N)C(=O)CCS(=O)c1ccccc1. The van der Waals surface area contributed by atoms with Crippen LogP contribution in [-0.2, 0) is 15.6 Å². The lowest BCUT2D eigenvalue weighted by molar-refractivity contribution is -0.129. The molecule has 0 saturated carbocycles. The summed E-state index contributed by atoms with van der Waals surface area (Å²) in [5.41, 5.74) is 0. The van der Waals surface area contributed by atoms with Crippen LogP contribution in [0.3, 0.4) is 0 Å². The highest BCUT2D eigenvalue weighted by Crippen LogP contribution is 2.07. The van der Waals surface area contributed by atoms with Gasteiger partial charge in [-0.1, -0.05) is 18.2 Å². The minimum absolute atomic E-state index is 0.0745. The lowest BCUT2D eigenvalue weighted by Gasteiger charge is -2.14. The molecule has 0 radical (unpaired) electrons. The van der Waals surface area contributed by atoms with Gasteiger partial charge in [0.15, 0.2) is 0 Å². The van der Waals surface area contributed by atoms with Gasteiger partial charge >= 0.3 is 0 Å². The van der Waals surface area contributed by atoms with Crippen LogP contribution in [-0.4, -0.2) is 34.4 Å². The Morgan fingerprint density at radius 2 is 2.06 bits per heavy atom. The van der Waals surface area contributed by atoms with Crippen molar-refractivity contribution < 1.29 is 9.00 Å². The van der Waals surface area contributed by atoms with Crippen LogP contribution in [0, 0.1) is 11.3 Å². The number of nitriles is 1. The first-order valence-electron chi connectivity index (χ1n) is 5.69. The highest BCUT2D eigenvalue weighted by molar-refractivity contribution is 7.85. The Labute approximate surface area is 110 Å². The van der Waals surface area contributed by atoms with Crippen LogP contribution in [0.4, 0.5) is 0 Å². The number of hydrogen-bond donors (Lipinski definition) is 0. The molecule has 0 aliphatic rings. The fraction of sp³-hybridized carbons (Fsp3) is 0.385. The Morgan fingerprint density at radius 1 is 1.39 bits per heavy atom. The van der Waals surface area contributed by atoms with Crippen LogP contribution in [0.2, 0.25) is 0 Å². The van der Waals surface area contributed by atoms with Gasteiger partial charge in [0.05, 0.1) is 23.3 Å². The van der Waals surface area contributed by atoms with Gasteiger partial charge in [-0.25, -0.2) is 0 Å². The summed E-state index contributed by atoms with van der Waals surface area (Å²) >= 11 is 0. The molecule has 0 N–H and O–H groups in total.